The van der Waals surface area contributed by atoms with E-state index in [0.29, 0.717) is 50.1 Å². The molecule has 1 saturated carbocycles. The standard InChI is InChI=1S/C28H28F2N6O2/c29-20-5-3-19(4-6-20)23-13-26(23)33-9-1-2-25(28(38)36-15-18(14-31)16-36)34-27(37)22-8-7-21(12-24(22)30)35-11-10-32-17-35/h3-8,10-12,17-18,23,25-26,33H,1-2,9,13,15-16H2,(H,34,37)/t23-,25-,26+/m0/s1. The van der Waals surface area contributed by atoms with E-state index in [1.165, 1.54) is 30.6 Å². The third kappa shape index (κ3) is 5.73. The van der Waals surface area contributed by atoms with E-state index in [1.54, 1.807) is 40.1 Å². The first kappa shape index (κ1) is 25.5. The van der Waals surface area contributed by atoms with Gasteiger partial charge in [-0.05, 0) is 61.7 Å². The molecule has 0 radical (unpaired) electrons. The number of amides is 2. The summed E-state index contributed by atoms with van der Waals surface area (Å²) in [6.07, 6.45) is 6.71. The number of nitriles is 1. The minimum Gasteiger partial charge on any atom is -0.340 e. The number of aromatic nitrogens is 2. The van der Waals surface area contributed by atoms with Crippen LogP contribution >= 0.6 is 0 Å². The lowest BCUT2D eigenvalue weighted by Crippen LogP contribution is -2.56. The number of carbonyl (C=O) groups is 2. The highest BCUT2D eigenvalue weighted by Gasteiger charge is 2.38. The number of hydrogen-bond donors (Lipinski definition) is 2. The molecule has 8 nitrogen and oxygen atoms in total. The van der Waals surface area contributed by atoms with Gasteiger partial charge in [0.15, 0.2) is 0 Å². The Morgan fingerprint density at radius 3 is 2.63 bits per heavy atom. The summed E-state index contributed by atoms with van der Waals surface area (Å²) < 4.78 is 29.6. The van der Waals surface area contributed by atoms with E-state index in [0.717, 1.165) is 12.0 Å². The summed E-state index contributed by atoms with van der Waals surface area (Å²) in [4.78, 5) is 31.6. The maximum Gasteiger partial charge on any atom is 0.254 e. The topological polar surface area (TPSA) is 103 Å². The van der Waals surface area contributed by atoms with E-state index in [9.17, 15) is 18.4 Å². The van der Waals surface area contributed by atoms with Crippen molar-refractivity contribution in [2.75, 3.05) is 19.6 Å². The van der Waals surface area contributed by atoms with Gasteiger partial charge in [0.25, 0.3) is 5.91 Å². The normalized spacial score (nSPS) is 19.3. The third-order valence-electron chi connectivity index (χ3n) is 7.14. The number of hydrogen-bond acceptors (Lipinski definition) is 5. The number of benzene rings is 2. The van der Waals surface area contributed by atoms with Crippen LogP contribution in [-0.4, -0.2) is 58.0 Å². The fourth-order valence-corrected chi connectivity index (χ4v) is 4.81. The molecule has 10 heteroatoms. The van der Waals surface area contributed by atoms with E-state index in [2.05, 4.69) is 21.7 Å². The number of nitrogens with one attached hydrogen (secondary N) is 2. The van der Waals surface area contributed by atoms with Crippen molar-refractivity contribution in [2.24, 2.45) is 5.92 Å². The first-order chi connectivity index (χ1) is 18.4. The number of rotatable bonds is 10. The van der Waals surface area contributed by atoms with E-state index in [1.807, 2.05) is 0 Å². The van der Waals surface area contributed by atoms with Gasteiger partial charge in [-0.25, -0.2) is 13.8 Å². The van der Waals surface area contributed by atoms with Gasteiger partial charge in [0, 0.05) is 43.1 Å². The van der Waals surface area contributed by atoms with Crippen LogP contribution in [0, 0.1) is 28.9 Å². The fourth-order valence-electron chi connectivity index (χ4n) is 4.81. The predicted molar refractivity (Wildman–Crippen MR) is 135 cm³/mol. The van der Waals surface area contributed by atoms with Gasteiger partial charge >= 0.3 is 0 Å². The number of likely N-dealkylation sites (tertiary alicyclic amines) is 1. The molecule has 0 bridgehead atoms. The van der Waals surface area contributed by atoms with Crippen molar-refractivity contribution in [2.45, 2.75) is 37.3 Å². The Bertz CT molecular complexity index is 1330. The maximum atomic E-state index is 14.8. The van der Waals surface area contributed by atoms with Crippen LogP contribution in [0.1, 0.15) is 41.1 Å². The molecule has 2 N–H and O–H groups in total. The lowest BCUT2D eigenvalue weighted by Gasteiger charge is -2.37. The monoisotopic (exact) mass is 518 g/mol. The van der Waals surface area contributed by atoms with Crippen molar-refractivity contribution in [3.63, 3.8) is 0 Å². The average molecular weight is 519 g/mol. The van der Waals surface area contributed by atoms with Gasteiger partial charge in [0.1, 0.15) is 17.7 Å². The molecule has 3 aromatic rings. The summed E-state index contributed by atoms with van der Waals surface area (Å²) in [5.74, 6) is -1.75. The number of carbonyl (C=O) groups excluding carboxylic acids is 2. The highest BCUT2D eigenvalue weighted by atomic mass is 19.1. The van der Waals surface area contributed by atoms with E-state index in [-0.39, 0.29) is 23.2 Å². The van der Waals surface area contributed by atoms with Crippen LogP contribution in [0.5, 0.6) is 0 Å². The zero-order valence-corrected chi connectivity index (χ0v) is 20.7. The van der Waals surface area contributed by atoms with Gasteiger partial charge in [-0.3, -0.25) is 9.59 Å². The molecule has 38 heavy (non-hydrogen) atoms. The van der Waals surface area contributed by atoms with E-state index >= 15 is 0 Å². The molecule has 196 valence electrons. The Balaban J connectivity index is 1.18. The van der Waals surface area contributed by atoms with Gasteiger partial charge in [0.2, 0.25) is 5.91 Å². The summed E-state index contributed by atoms with van der Waals surface area (Å²) in [6, 6.07) is 12.4. The van der Waals surface area contributed by atoms with Gasteiger partial charge in [-0.15, -0.1) is 0 Å². The van der Waals surface area contributed by atoms with Crippen LogP contribution in [0.4, 0.5) is 8.78 Å². The lowest BCUT2D eigenvalue weighted by molar-refractivity contribution is -0.138. The van der Waals surface area contributed by atoms with Gasteiger partial charge in [0.05, 0.1) is 23.9 Å². The third-order valence-corrected chi connectivity index (χ3v) is 7.14. The van der Waals surface area contributed by atoms with Gasteiger partial charge < -0.3 is 20.1 Å². The number of halogens is 2. The zero-order valence-electron chi connectivity index (χ0n) is 20.7. The van der Waals surface area contributed by atoms with Crippen molar-refractivity contribution in [1.29, 1.82) is 5.26 Å². The second-order valence-electron chi connectivity index (χ2n) is 9.83. The largest absolute Gasteiger partial charge is 0.340 e. The highest BCUT2D eigenvalue weighted by molar-refractivity contribution is 5.98. The van der Waals surface area contributed by atoms with Gasteiger partial charge in [-0.2, -0.15) is 5.26 Å². The molecule has 2 aromatic carbocycles. The van der Waals surface area contributed by atoms with Crippen molar-refractivity contribution < 1.29 is 18.4 Å². The van der Waals surface area contributed by atoms with E-state index < -0.39 is 17.8 Å². The first-order valence-electron chi connectivity index (χ1n) is 12.7. The summed E-state index contributed by atoms with van der Waals surface area (Å²) in [6.45, 7) is 1.29. The molecular formula is C28H28F2N6O2. The molecule has 1 saturated heterocycles. The molecule has 2 amide bonds. The molecular weight excluding hydrogens is 490 g/mol. The summed E-state index contributed by atoms with van der Waals surface area (Å²) in [5, 5.41) is 15.2. The second kappa shape index (κ2) is 11.1. The van der Waals surface area contributed by atoms with Crippen molar-refractivity contribution >= 4 is 11.8 Å². The minimum atomic E-state index is -0.830. The lowest BCUT2D eigenvalue weighted by atomic mass is 9.99. The maximum absolute atomic E-state index is 14.8. The molecule has 0 spiro atoms. The van der Waals surface area contributed by atoms with Gasteiger partial charge in [-0.1, -0.05) is 12.1 Å². The van der Waals surface area contributed by atoms with E-state index in [4.69, 9.17) is 5.26 Å². The zero-order chi connectivity index (χ0) is 26.6. The Morgan fingerprint density at radius 1 is 1.16 bits per heavy atom. The van der Waals surface area contributed by atoms with Crippen LogP contribution in [0.25, 0.3) is 5.69 Å². The second-order valence-corrected chi connectivity index (χ2v) is 9.83. The Morgan fingerprint density at radius 2 is 1.95 bits per heavy atom. The van der Waals surface area contributed by atoms with Crippen molar-refractivity contribution in [1.82, 2.24) is 25.1 Å². The molecule has 5 rings (SSSR count). The van der Waals surface area contributed by atoms with Crippen LogP contribution in [0.3, 0.4) is 0 Å². The SMILES string of the molecule is N#CC1CN(C(=O)[C@H](CCCN[C@@H]2C[C@H]2c2ccc(F)cc2)NC(=O)c2ccc(-n3ccnc3)cc2F)C1. The molecule has 2 aliphatic rings. The summed E-state index contributed by atoms with van der Waals surface area (Å²) >= 11 is 0. The molecule has 1 aliphatic heterocycles. The summed E-state index contributed by atoms with van der Waals surface area (Å²) in [7, 11) is 0. The molecule has 3 atom stereocenters. The first-order valence-corrected chi connectivity index (χ1v) is 12.7. The Kier molecular flexibility index (Phi) is 7.47. The van der Waals surface area contributed by atoms with Crippen LogP contribution in [0.15, 0.2) is 61.2 Å². The quantitative estimate of drug-likeness (QED) is 0.402. The smallest absolute Gasteiger partial charge is 0.254 e. The van der Waals surface area contributed by atoms with Crippen LogP contribution in [0.2, 0.25) is 0 Å². The molecule has 0 unspecified atom stereocenters. The molecule has 1 aromatic heterocycles. The molecule has 2 heterocycles. The Labute approximate surface area is 219 Å². The molecule has 1 aliphatic carbocycles. The highest BCUT2D eigenvalue weighted by Crippen LogP contribution is 2.40. The van der Waals surface area contributed by atoms with Crippen LogP contribution < -0.4 is 10.6 Å². The van der Waals surface area contributed by atoms with Crippen LogP contribution in [-0.2, 0) is 4.79 Å². The number of imidazole rings is 1. The summed E-state index contributed by atoms with van der Waals surface area (Å²) in [5.41, 5.74) is 1.47. The molecule has 2 fully saturated rings. The fraction of sp³-hybridized carbons (Fsp3) is 0.357. The van der Waals surface area contributed by atoms with Crippen molar-refractivity contribution in [3.8, 4) is 11.8 Å². The predicted octanol–water partition coefficient (Wildman–Crippen LogP) is 3.16. The minimum absolute atomic E-state index is 0.150. The Hall–Kier alpha value is -4.10. The average Bonchev–Trinajstić information content (AvgIpc) is 3.43. The number of nitrogens with zero attached hydrogens (tertiary/aromatic N) is 4. The van der Waals surface area contributed by atoms with Crippen molar-refractivity contribution in [3.05, 3.63) is 83.9 Å².